The lowest BCUT2D eigenvalue weighted by molar-refractivity contribution is 0.0562. The number of fused-ring (bicyclic) bond motifs is 1. The lowest BCUT2D eigenvalue weighted by atomic mass is 9.99. The van der Waals surface area contributed by atoms with Gasteiger partial charge in [-0.15, -0.1) is 0 Å². The van der Waals surface area contributed by atoms with Crippen molar-refractivity contribution in [1.82, 2.24) is 10.3 Å². The van der Waals surface area contributed by atoms with Gasteiger partial charge in [0.25, 0.3) is 0 Å². The Hall–Kier alpha value is -1.73. The number of hydrogen-bond acceptors (Lipinski definition) is 5. The van der Waals surface area contributed by atoms with Gasteiger partial charge in [-0.2, -0.15) is 0 Å². The Morgan fingerprint density at radius 2 is 2.00 bits per heavy atom. The highest BCUT2D eigenvalue weighted by Gasteiger charge is 2.33. The van der Waals surface area contributed by atoms with Crippen LogP contribution in [0.15, 0.2) is 12.1 Å². The van der Waals surface area contributed by atoms with Gasteiger partial charge in [0, 0.05) is 25.4 Å². The molecule has 0 bridgehead atoms. The number of carbonyl (C=O) groups is 1. The van der Waals surface area contributed by atoms with Crippen LogP contribution in [0.1, 0.15) is 58.2 Å². The summed E-state index contributed by atoms with van der Waals surface area (Å²) in [5, 5.41) is 3.36. The van der Waals surface area contributed by atoms with E-state index in [9.17, 15) is 9.18 Å². The van der Waals surface area contributed by atoms with E-state index in [0.717, 1.165) is 68.9 Å². The van der Waals surface area contributed by atoms with Crippen molar-refractivity contribution in [2.75, 3.05) is 38.9 Å². The van der Waals surface area contributed by atoms with Crippen molar-refractivity contribution in [3.63, 3.8) is 0 Å². The van der Waals surface area contributed by atoms with Gasteiger partial charge in [-0.05, 0) is 78.0 Å². The number of pyridine rings is 1. The van der Waals surface area contributed by atoms with E-state index < -0.39 is 5.60 Å². The second kappa shape index (κ2) is 12.8. The molecule has 1 aromatic heterocycles. The maximum atomic E-state index is 12.7. The molecule has 1 aliphatic rings. The zero-order valence-electron chi connectivity index (χ0n) is 18.9. The van der Waals surface area contributed by atoms with E-state index in [-0.39, 0.29) is 12.1 Å². The number of aromatic nitrogens is 1. The second-order valence-corrected chi connectivity index (χ2v) is 8.22. The highest BCUT2D eigenvalue weighted by molar-refractivity contribution is 5.88. The van der Waals surface area contributed by atoms with Crippen LogP contribution in [-0.4, -0.2) is 56.7 Å². The van der Waals surface area contributed by atoms with Crippen LogP contribution in [0, 0.1) is 0 Å². The summed E-state index contributed by atoms with van der Waals surface area (Å²) in [6, 6.07) is 4.32. The van der Waals surface area contributed by atoms with Gasteiger partial charge < -0.3 is 14.8 Å². The molecule has 6 nitrogen and oxygen atoms in total. The smallest absolute Gasteiger partial charge is 0.416 e. The summed E-state index contributed by atoms with van der Waals surface area (Å²) in [5.41, 5.74) is 1.65. The van der Waals surface area contributed by atoms with Crippen molar-refractivity contribution < 1.29 is 18.7 Å². The molecule has 166 valence electrons. The number of aryl methyl sites for hydroxylation is 2. The summed E-state index contributed by atoms with van der Waals surface area (Å²) < 4.78 is 20.1. The number of methoxy groups -OCH3 is 1. The van der Waals surface area contributed by atoms with E-state index in [2.05, 4.69) is 24.4 Å². The van der Waals surface area contributed by atoms with E-state index in [1.807, 2.05) is 20.8 Å². The van der Waals surface area contributed by atoms with Gasteiger partial charge in [-0.3, -0.25) is 9.29 Å². The highest BCUT2D eigenvalue weighted by atomic mass is 19.1. The predicted molar refractivity (Wildman–Crippen MR) is 115 cm³/mol. The van der Waals surface area contributed by atoms with Gasteiger partial charge >= 0.3 is 6.09 Å². The van der Waals surface area contributed by atoms with E-state index >= 15 is 0 Å². The monoisotopic (exact) mass is 411 g/mol. The molecule has 2 rings (SSSR count). The average molecular weight is 412 g/mol. The number of ether oxygens (including phenoxy) is 2. The predicted octanol–water partition coefficient (Wildman–Crippen LogP) is 4.30. The lowest BCUT2D eigenvalue weighted by Crippen LogP contribution is -2.45. The first-order valence-electron chi connectivity index (χ1n) is 10.4. The summed E-state index contributed by atoms with van der Waals surface area (Å²) in [6.07, 6.45) is 4.65. The lowest BCUT2D eigenvalue weighted by Gasteiger charge is -2.35. The van der Waals surface area contributed by atoms with Gasteiger partial charge in [-0.1, -0.05) is 6.07 Å². The zero-order valence-corrected chi connectivity index (χ0v) is 18.9. The van der Waals surface area contributed by atoms with Crippen LogP contribution in [0.4, 0.5) is 15.0 Å². The number of amides is 1. The van der Waals surface area contributed by atoms with Gasteiger partial charge in [0.1, 0.15) is 11.4 Å². The fourth-order valence-corrected chi connectivity index (χ4v) is 3.19. The Balaban J connectivity index is 0.00000204. The van der Waals surface area contributed by atoms with Crippen LogP contribution in [0.25, 0.3) is 0 Å². The fourth-order valence-electron chi connectivity index (χ4n) is 3.19. The first kappa shape index (κ1) is 25.3. The third-order valence-corrected chi connectivity index (χ3v) is 4.62. The van der Waals surface area contributed by atoms with Gasteiger partial charge in [0.2, 0.25) is 0 Å². The van der Waals surface area contributed by atoms with Crippen molar-refractivity contribution in [3.05, 3.63) is 23.4 Å². The van der Waals surface area contributed by atoms with Crippen molar-refractivity contribution in [1.29, 1.82) is 0 Å². The highest BCUT2D eigenvalue weighted by Crippen LogP contribution is 2.31. The maximum absolute atomic E-state index is 12.7. The number of hydrogen-bond donors (Lipinski definition) is 1. The molecule has 0 aliphatic carbocycles. The Morgan fingerprint density at radius 1 is 1.28 bits per heavy atom. The average Bonchev–Trinajstić information content (AvgIpc) is 2.67. The van der Waals surface area contributed by atoms with Crippen LogP contribution in [0.3, 0.4) is 0 Å². The first-order chi connectivity index (χ1) is 13.8. The summed E-state index contributed by atoms with van der Waals surface area (Å²) in [5.74, 6) is 0.777. The van der Waals surface area contributed by atoms with Crippen LogP contribution in [0.5, 0.6) is 0 Å². The molecule has 2 heterocycles. The first-order valence-corrected chi connectivity index (χ1v) is 10.4. The molecule has 0 radical (unpaired) electrons. The minimum Gasteiger partial charge on any atom is -0.443 e. The van der Waals surface area contributed by atoms with E-state index in [0.29, 0.717) is 7.18 Å². The van der Waals surface area contributed by atoms with Crippen LogP contribution < -0.4 is 10.2 Å². The molecular formula is C22H38FN3O3. The molecule has 0 saturated heterocycles. The van der Waals surface area contributed by atoms with Crippen molar-refractivity contribution in [2.45, 2.75) is 71.4 Å². The summed E-state index contributed by atoms with van der Waals surface area (Å²) in [4.78, 5) is 19.3. The minimum absolute atomic E-state index is 0.0973. The molecule has 29 heavy (non-hydrogen) atoms. The summed E-state index contributed by atoms with van der Waals surface area (Å²) in [6.45, 7) is 10.4. The summed E-state index contributed by atoms with van der Waals surface area (Å²) in [7, 11) is 2.21. The third kappa shape index (κ3) is 8.66. The molecule has 1 aliphatic heterocycles. The number of carbonyl (C=O) groups excluding carboxylic acids is 1. The number of nitrogens with one attached hydrogen (secondary N) is 1. The zero-order chi connectivity index (χ0) is 21.9. The molecule has 7 heteroatoms. The number of alkyl halides is 1. The molecule has 0 spiro atoms. The van der Waals surface area contributed by atoms with Gasteiger partial charge in [-0.25, -0.2) is 9.78 Å². The number of halogens is 1. The SMILES string of the molecule is CF.COCCNCCCCc1ccc2c(n1)N(C(=O)OC(C)(C)C)C(C)CC2. The molecule has 0 fully saturated rings. The minimum atomic E-state index is -0.512. The molecule has 1 N–H and O–H groups in total. The normalized spacial score (nSPS) is 16.0. The van der Waals surface area contributed by atoms with Crippen molar-refractivity contribution in [2.24, 2.45) is 0 Å². The molecular weight excluding hydrogens is 373 g/mol. The molecule has 1 atom stereocenters. The largest absolute Gasteiger partial charge is 0.443 e. The van der Waals surface area contributed by atoms with Crippen LogP contribution >= 0.6 is 0 Å². The Kier molecular flexibility index (Phi) is 11.1. The van der Waals surface area contributed by atoms with Crippen molar-refractivity contribution >= 4 is 11.9 Å². The van der Waals surface area contributed by atoms with E-state index in [1.165, 1.54) is 0 Å². The van der Waals surface area contributed by atoms with Gasteiger partial charge in [0.05, 0.1) is 13.8 Å². The van der Waals surface area contributed by atoms with E-state index in [4.69, 9.17) is 14.5 Å². The Morgan fingerprint density at radius 3 is 2.66 bits per heavy atom. The molecule has 1 aromatic rings. The Labute approximate surface area is 175 Å². The van der Waals surface area contributed by atoms with Crippen LogP contribution in [-0.2, 0) is 22.3 Å². The third-order valence-electron chi connectivity index (χ3n) is 4.62. The van der Waals surface area contributed by atoms with E-state index in [1.54, 1.807) is 12.0 Å². The maximum Gasteiger partial charge on any atom is 0.416 e. The standard InChI is InChI=1S/C21H35N3O3.CH3F/c1-16-9-10-17-11-12-18(8-6-7-13-22-14-15-26-5)23-19(17)24(16)20(25)27-21(2,3)4;1-2/h11-12,16,22H,6-10,13-15H2,1-5H3;1H3. The second-order valence-electron chi connectivity index (χ2n) is 8.22. The number of nitrogens with zero attached hydrogens (tertiary/aromatic N) is 2. The summed E-state index contributed by atoms with van der Waals surface area (Å²) >= 11 is 0. The molecule has 0 saturated carbocycles. The molecule has 1 unspecified atom stereocenters. The molecule has 0 aromatic carbocycles. The van der Waals surface area contributed by atoms with Crippen molar-refractivity contribution in [3.8, 4) is 0 Å². The quantitative estimate of drug-likeness (QED) is 0.646. The fraction of sp³-hybridized carbons (Fsp3) is 0.727. The number of rotatable bonds is 8. The van der Waals surface area contributed by atoms with Gasteiger partial charge in [0.15, 0.2) is 0 Å². The van der Waals surface area contributed by atoms with Crippen LogP contribution in [0.2, 0.25) is 0 Å². The molecule has 1 amide bonds. The topological polar surface area (TPSA) is 63.7 Å². The number of unbranched alkanes of at least 4 members (excludes halogenated alkanes) is 1. The Bertz CT molecular complexity index is 620. The number of anilines is 1.